The Morgan fingerprint density at radius 2 is 1.45 bits per heavy atom. The highest BCUT2D eigenvalue weighted by molar-refractivity contribution is 5.74. The Labute approximate surface area is 228 Å². The largest absolute Gasteiger partial charge is 0.481 e. The molecule has 0 radical (unpaired) electrons. The third-order valence-corrected chi connectivity index (χ3v) is 8.35. The summed E-state index contributed by atoms with van der Waals surface area (Å²) in [4.78, 5) is 15.5. The van der Waals surface area contributed by atoms with Gasteiger partial charge in [0.25, 0.3) is 0 Å². The molecule has 0 aliphatic carbocycles. The van der Waals surface area contributed by atoms with Crippen LogP contribution in [0.1, 0.15) is 92.3 Å². The molecule has 0 spiro atoms. The number of pyridine rings is 1. The molecule has 2 aromatic carbocycles. The molecular formula is C34H43NO3. The molecule has 0 unspecified atom stereocenters. The summed E-state index contributed by atoms with van der Waals surface area (Å²) in [7, 11) is 0. The number of aliphatic carboxylic acids is 1. The van der Waals surface area contributed by atoms with Gasteiger partial charge in [-0.25, -0.2) is 0 Å². The number of hydrogen-bond donors (Lipinski definition) is 2. The lowest BCUT2D eigenvalue weighted by Gasteiger charge is -2.35. The molecule has 1 aromatic heterocycles. The van der Waals surface area contributed by atoms with Crippen molar-refractivity contribution in [2.75, 3.05) is 0 Å². The fourth-order valence-corrected chi connectivity index (χ4v) is 5.71. The van der Waals surface area contributed by atoms with E-state index in [4.69, 9.17) is 0 Å². The van der Waals surface area contributed by atoms with Crippen molar-refractivity contribution >= 4 is 12.0 Å². The molecule has 3 aromatic rings. The summed E-state index contributed by atoms with van der Waals surface area (Å²) in [5, 5.41) is 19.9. The SMILES string of the molecule is CCC(O)(/C=C/c1ccc(C(CC)(CC)c2cc(C)c(-c3cncc(CC(=O)O)c3)c(C)c2)cc1C)CC. The Hall–Kier alpha value is -3.24. The molecule has 2 N–H and O–H groups in total. The molecule has 0 saturated heterocycles. The van der Waals surface area contributed by atoms with Crippen molar-refractivity contribution in [1.82, 2.24) is 4.98 Å². The molecule has 38 heavy (non-hydrogen) atoms. The molecule has 3 rings (SSSR count). The van der Waals surface area contributed by atoms with Crippen LogP contribution in [0.4, 0.5) is 0 Å². The number of carbonyl (C=O) groups is 1. The second kappa shape index (κ2) is 12.1. The number of hydrogen-bond acceptors (Lipinski definition) is 3. The van der Waals surface area contributed by atoms with E-state index in [1.54, 1.807) is 6.20 Å². The lowest BCUT2D eigenvalue weighted by Crippen LogP contribution is -2.26. The summed E-state index contributed by atoms with van der Waals surface area (Å²) >= 11 is 0. The quantitative estimate of drug-likeness (QED) is 0.273. The van der Waals surface area contributed by atoms with E-state index in [1.807, 2.05) is 32.2 Å². The van der Waals surface area contributed by atoms with Crippen molar-refractivity contribution in [2.45, 2.75) is 91.6 Å². The van der Waals surface area contributed by atoms with Crippen molar-refractivity contribution in [2.24, 2.45) is 0 Å². The summed E-state index contributed by atoms with van der Waals surface area (Å²) in [5.74, 6) is -0.855. The summed E-state index contributed by atoms with van der Waals surface area (Å²) in [6.45, 7) is 15.0. The normalized spacial score (nSPS) is 12.3. The van der Waals surface area contributed by atoms with Gasteiger partial charge in [0.15, 0.2) is 0 Å². The minimum absolute atomic E-state index is 0.0352. The molecule has 0 bridgehead atoms. The summed E-state index contributed by atoms with van der Waals surface area (Å²) in [5.41, 5.74) is 9.14. The second-order valence-corrected chi connectivity index (χ2v) is 10.6. The molecule has 0 saturated carbocycles. The standard InChI is InChI=1S/C34H43NO3/c1-8-33(38,9-2)15-14-27-12-13-29(16-23(27)5)34(10-3,11-4)30-17-24(6)32(25(7)18-30)28-19-26(20-31(36)37)21-35-22-28/h12-19,21-22,38H,8-11,20H2,1-7H3,(H,36,37)/b15-14+. The van der Waals surface area contributed by atoms with E-state index in [0.29, 0.717) is 18.4 Å². The third-order valence-electron chi connectivity index (χ3n) is 8.35. The Morgan fingerprint density at radius 1 is 0.842 bits per heavy atom. The smallest absolute Gasteiger partial charge is 0.307 e. The maximum atomic E-state index is 11.2. The van der Waals surface area contributed by atoms with Crippen LogP contribution >= 0.6 is 0 Å². The van der Waals surface area contributed by atoms with Gasteiger partial charge in [-0.1, -0.05) is 70.2 Å². The van der Waals surface area contributed by atoms with Gasteiger partial charge in [0.1, 0.15) is 0 Å². The third kappa shape index (κ3) is 6.07. The minimum Gasteiger partial charge on any atom is -0.481 e. The Bertz CT molecular complexity index is 1290. The van der Waals surface area contributed by atoms with E-state index >= 15 is 0 Å². The highest BCUT2D eigenvalue weighted by Crippen LogP contribution is 2.42. The highest BCUT2D eigenvalue weighted by Gasteiger charge is 2.32. The number of benzene rings is 2. The van der Waals surface area contributed by atoms with Crippen LogP contribution in [0.5, 0.6) is 0 Å². The van der Waals surface area contributed by atoms with Crippen molar-refractivity contribution in [1.29, 1.82) is 0 Å². The lowest BCUT2D eigenvalue weighted by molar-refractivity contribution is -0.136. The minimum atomic E-state index is -0.855. The van der Waals surface area contributed by atoms with E-state index in [1.165, 1.54) is 16.7 Å². The molecule has 0 fully saturated rings. The van der Waals surface area contributed by atoms with E-state index in [0.717, 1.165) is 40.7 Å². The van der Waals surface area contributed by atoms with Gasteiger partial charge in [0, 0.05) is 23.4 Å². The van der Waals surface area contributed by atoms with Crippen LogP contribution in [0.3, 0.4) is 0 Å². The van der Waals surface area contributed by atoms with Crippen LogP contribution < -0.4 is 0 Å². The van der Waals surface area contributed by atoms with Crippen molar-refractivity contribution in [3.63, 3.8) is 0 Å². The van der Waals surface area contributed by atoms with E-state index in [2.05, 4.69) is 76.0 Å². The van der Waals surface area contributed by atoms with Gasteiger partial charge in [-0.2, -0.15) is 0 Å². The summed E-state index contributed by atoms with van der Waals surface area (Å²) in [6, 6.07) is 13.3. The average molecular weight is 514 g/mol. The second-order valence-electron chi connectivity index (χ2n) is 10.6. The summed E-state index contributed by atoms with van der Waals surface area (Å²) < 4.78 is 0. The molecule has 202 valence electrons. The average Bonchev–Trinajstić information content (AvgIpc) is 2.88. The first-order chi connectivity index (χ1) is 18.0. The predicted molar refractivity (Wildman–Crippen MR) is 158 cm³/mol. The van der Waals surface area contributed by atoms with Crippen LogP contribution in [0.15, 0.2) is 54.9 Å². The highest BCUT2D eigenvalue weighted by atomic mass is 16.4. The van der Waals surface area contributed by atoms with Crippen molar-refractivity contribution in [3.8, 4) is 11.1 Å². The molecule has 1 heterocycles. The first-order valence-electron chi connectivity index (χ1n) is 13.8. The van der Waals surface area contributed by atoms with E-state index in [9.17, 15) is 15.0 Å². The van der Waals surface area contributed by atoms with E-state index in [-0.39, 0.29) is 11.8 Å². The number of carboxylic acid groups (broad SMARTS) is 1. The van der Waals surface area contributed by atoms with E-state index < -0.39 is 11.6 Å². The van der Waals surface area contributed by atoms with Gasteiger partial charge in [0.05, 0.1) is 12.0 Å². The van der Waals surface area contributed by atoms with Gasteiger partial charge in [-0.3, -0.25) is 9.78 Å². The lowest BCUT2D eigenvalue weighted by atomic mass is 9.69. The molecular weight excluding hydrogens is 470 g/mol. The topological polar surface area (TPSA) is 70.4 Å². The first kappa shape index (κ1) is 29.3. The Kier molecular flexibility index (Phi) is 9.32. The number of aliphatic hydroxyl groups is 1. The van der Waals surface area contributed by atoms with Crippen molar-refractivity contribution < 1.29 is 15.0 Å². The van der Waals surface area contributed by atoms with Gasteiger partial charge in [0.2, 0.25) is 0 Å². The zero-order valence-electron chi connectivity index (χ0n) is 24.1. The predicted octanol–water partition coefficient (Wildman–Crippen LogP) is 7.97. The number of carboxylic acids is 1. The number of aryl methyl sites for hydroxylation is 3. The molecule has 0 aliphatic heterocycles. The van der Waals surface area contributed by atoms with Crippen LogP contribution in [0.25, 0.3) is 17.2 Å². The fourth-order valence-electron chi connectivity index (χ4n) is 5.71. The zero-order valence-corrected chi connectivity index (χ0v) is 24.1. The number of rotatable bonds is 11. The van der Waals surface area contributed by atoms with Crippen LogP contribution in [-0.4, -0.2) is 26.8 Å². The fraction of sp³-hybridized carbons (Fsp3) is 0.412. The van der Waals surface area contributed by atoms with Crippen LogP contribution in [-0.2, 0) is 16.6 Å². The summed E-state index contributed by atoms with van der Waals surface area (Å²) in [6.07, 6.45) is 10.7. The maximum absolute atomic E-state index is 11.2. The molecule has 0 amide bonds. The van der Waals surface area contributed by atoms with Gasteiger partial charge in [-0.15, -0.1) is 0 Å². The Balaban J connectivity index is 2.06. The van der Waals surface area contributed by atoms with Crippen molar-refractivity contribution in [3.05, 3.63) is 93.8 Å². The van der Waals surface area contributed by atoms with Gasteiger partial charge >= 0.3 is 5.97 Å². The molecule has 0 atom stereocenters. The van der Waals surface area contributed by atoms with Gasteiger partial charge in [-0.05, 0) is 97.0 Å². The number of nitrogens with zero attached hydrogens (tertiary/aromatic N) is 1. The maximum Gasteiger partial charge on any atom is 0.307 e. The Morgan fingerprint density at radius 3 is 1.97 bits per heavy atom. The van der Waals surface area contributed by atoms with Crippen LogP contribution in [0.2, 0.25) is 0 Å². The first-order valence-corrected chi connectivity index (χ1v) is 13.8. The molecule has 0 aliphatic rings. The van der Waals surface area contributed by atoms with Crippen LogP contribution in [0, 0.1) is 20.8 Å². The van der Waals surface area contributed by atoms with Gasteiger partial charge < -0.3 is 10.2 Å². The molecule has 4 nitrogen and oxygen atoms in total. The number of aromatic nitrogens is 1. The molecule has 4 heteroatoms. The monoisotopic (exact) mass is 513 g/mol. The zero-order chi connectivity index (χ0) is 28.1.